The minimum absolute atomic E-state index is 0.0298. The van der Waals surface area contributed by atoms with Crippen LogP contribution in [0.2, 0.25) is 10.0 Å². The highest BCUT2D eigenvalue weighted by Gasteiger charge is 2.27. The van der Waals surface area contributed by atoms with Gasteiger partial charge in [0.05, 0.1) is 11.5 Å². The molecular formula is C11H15Cl2NO3S. The number of aliphatic hydroxyl groups excluding tert-OH is 1. The van der Waals surface area contributed by atoms with Crippen LogP contribution in [0, 0.1) is 0 Å². The molecule has 0 aliphatic carbocycles. The van der Waals surface area contributed by atoms with Gasteiger partial charge in [0.1, 0.15) is 0 Å². The van der Waals surface area contributed by atoms with Gasteiger partial charge in [0, 0.05) is 22.6 Å². The van der Waals surface area contributed by atoms with Crippen molar-refractivity contribution in [2.75, 3.05) is 13.2 Å². The van der Waals surface area contributed by atoms with Crippen molar-refractivity contribution in [2.24, 2.45) is 0 Å². The molecule has 0 aromatic heterocycles. The van der Waals surface area contributed by atoms with Crippen molar-refractivity contribution in [2.45, 2.75) is 24.8 Å². The SMILES string of the molecule is CC(C)N(CCO)S(=O)(=O)c1cc(Cl)cc(Cl)c1. The van der Waals surface area contributed by atoms with Crippen LogP contribution in [0.1, 0.15) is 13.8 Å². The lowest BCUT2D eigenvalue weighted by atomic mass is 10.4. The molecule has 0 saturated heterocycles. The zero-order chi connectivity index (χ0) is 13.9. The number of benzene rings is 1. The van der Waals surface area contributed by atoms with E-state index >= 15 is 0 Å². The summed E-state index contributed by atoms with van der Waals surface area (Å²) in [6.07, 6.45) is 0. The summed E-state index contributed by atoms with van der Waals surface area (Å²) in [5.41, 5.74) is 0. The van der Waals surface area contributed by atoms with Crippen LogP contribution in [0.25, 0.3) is 0 Å². The average molecular weight is 312 g/mol. The molecular weight excluding hydrogens is 297 g/mol. The van der Waals surface area contributed by atoms with E-state index in [0.29, 0.717) is 0 Å². The molecule has 0 atom stereocenters. The molecule has 0 radical (unpaired) electrons. The van der Waals surface area contributed by atoms with Crippen molar-refractivity contribution in [1.82, 2.24) is 4.31 Å². The summed E-state index contributed by atoms with van der Waals surface area (Å²) in [5.74, 6) is 0. The monoisotopic (exact) mass is 311 g/mol. The van der Waals surface area contributed by atoms with E-state index in [1.54, 1.807) is 13.8 Å². The van der Waals surface area contributed by atoms with E-state index in [1.165, 1.54) is 22.5 Å². The van der Waals surface area contributed by atoms with Crippen LogP contribution in [-0.4, -0.2) is 37.0 Å². The van der Waals surface area contributed by atoms with E-state index in [1.807, 2.05) is 0 Å². The zero-order valence-corrected chi connectivity index (χ0v) is 12.4. The molecule has 0 bridgehead atoms. The predicted molar refractivity (Wildman–Crippen MR) is 72.6 cm³/mol. The standard InChI is InChI=1S/C11H15Cl2NO3S/c1-8(2)14(3-4-15)18(16,17)11-6-9(12)5-10(13)7-11/h5-8,15H,3-4H2,1-2H3. The van der Waals surface area contributed by atoms with Crippen molar-refractivity contribution in [3.63, 3.8) is 0 Å². The lowest BCUT2D eigenvalue weighted by Gasteiger charge is -2.25. The first-order valence-corrected chi connectivity index (χ1v) is 7.57. The summed E-state index contributed by atoms with van der Waals surface area (Å²) >= 11 is 11.6. The van der Waals surface area contributed by atoms with E-state index in [4.69, 9.17) is 28.3 Å². The first-order chi connectivity index (χ1) is 8.28. The zero-order valence-electron chi connectivity index (χ0n) is 10.1. The largest absolute Gasteiger partial charge is 0.395 e. The van der Waals surface area contributed by atoms with Gasteiger partial charge in [0.15, 0.2) is 0 Å². The molecule has 0 aliphatic rings. The highest BCUT2D eigenvalue weighted by molar-refractivity contribution is 7.89. The Morgan fingerprint density at radius 2 is 1.72 bits per heavy atom. The first-order valence-electron chi connectivity index (χ1n) is 5.38. The van der Waals surface area contributed by atoms with Crippen molar-refractivity contribution in [3.05, 3.63) is 28.2 Å². The molecule has 0 aliphatic heterocycles. The summed E-state index contributed by atoms with van der Waals surface area (Å²) < 4.78 is 25.9. The highest BCUT2D eigenvalue weighted by atomic mass is 35.5. The van der Waals surface area contributed by atoms with E-state index in [-0.39, 0.29) is 34.1 Å². The Morgan fingerprint density at radius 1 is 1.22 bits per heavy atom. The molecule has 0 unspecified atom stereocenters. The Hall–Kier alpha value is -0.330. The third kappa shape index (κ3) is 3.59. The molecule has 1 aromatic rings. The van der Waals surface area contributed by atoms with Crippen LogP contribution in [0.4, 0.5) is 0 Å². The smallest absolute Gasteiger partial charge is 0.243 e. The molecule has 0 amide bonds. The fourth-order valence-electron chi connectivity index (χ4n) is 1.57. The van der Waals surface area contributed by atoms with Crippen LogP contribution >= 0.6 is 23.2 Å². The summed E-state index contributed by atoms with van der Waals surface area (Å²) in [4.78, 5) is 0.0298. The second-order valence-corrected chi connectivity index (χ2v) is 6.80. The third-order valence-corrected chi connectivity index (χ3v) is 4.83. The highest BCUT2D eigenvalue weighted by Crippen LogP contribution is 2.25. The minimum atomic E-state index is -3.70. The molecule has 18 heavy (non-hydrogen) atoms. The van der Waals surface area contributed by atoms with Gasteiger partial charge in [-0.3, -0.25) is 0 Å². The third-order valence-electron chi connectivity index (χ3n) is 2.34. The van der Waals surface area contributed by atoms with E-state index < -0.39 is 10.0 Å². The van der Waals surface area contributed by atoms with Crippen molar-refractivity contribution >= 4 is 33.2 Å². The second-order valence-electron chi connectivity index (χ2n) is 4.04. The number of sulfonamides is 1. The summed E-state index contributed by atoms with van der Waals surface area (Å²) in [6, 6.07) is 3.89. The molecule has 7 heteroatoms. The average Bonchev–Trinajstić information content (AvgIpc) is 2.23. The van der Waals surface area contributed by atoms with Gasteiger partial charge in [0.25, 0.3) is 0 Å². The Morgan fingerprint density at radius 3 is 2.11 bits per heavy atom. The number of aliphatic hydroxyl groups is 1. The molecule has 0 fully saturated rings. The Bertz CT molecular complexity index is 497. The molecule has 1 rings (SSSR count). The van der Waals surface area contributed by atoms with Crippen LogP contribution in [0.15, 0.2) is 23.1 Å². The van der Waals surface area contributed by atoms with Crippen molar-refractivity contribution in [3.8, 4) is 0 Å². The van der Waals surface area contributed by atoms with Crippen molar-refractivity contribution in [1.29, 1.82) is 0 Å². The molecule has 4 nitrogen and oxygen atoms in total. The van der Waals surface area contributed by atoms with Crippen LogP contribution in [0.5, 0.6) is 0 Å². The lowest BCUT2D eigenvalue weighted by Crippen LogP contribution is -2.38. The molecule has 1 N–H and O–H groups in total. The van der Waals surface area contributed by atoms with Gasteiger partial charge in [-0.05, 0) is 32.0 Å². The van der Waals surface area contributed by atoms with Gasteiger partial charge < -0.3 is 5.11 Å². The summed E-state index contributed by atoms with van der Waals surface area (Å²) in [6.45, 7) is 3.26. The summed E-state index contributed by atoms with van der Waals surface area (Å²) in [7, 11) is -3.70. The van der Waals surface area contributed by atoms with E-state index in [0.717, 1.165) is 0 Å². The number of rotatable bonds is 5. The maximum absolute atomic E-state index is 12.4. The molecule has 102 valence electrons. The number of hydrogen-bond donors (Lipinski definition) is 1. The van der Waals surface area contributed by atoms with E-state index in [2.05, 4.69) is 0 Å². The summed E-state index contributed by atoms with van der Waals surface area (Å²) in [5, 5.41) is 9.46. The number of halogens is 2. The number of hydrogen-bond acceptors (Lipinski definition) is 3. The van der Waals surface area contributed by atoms with Gasteiger partial charge in [0.2, 0.25) is 10.0 Å². The molecule has 0 heterocycles. The molecule has 0 saturated carbocycles. The van der Waals surface area contributed by atoms with Crippen LogP contribution in [0.3, 0.4) is 0 Å². The predicted octanol–water partition coefficient (Wildman–Crippen LogP) is 2.38. The van der Waals surface area contributed by atoms with E-state index in [9.17, 15) is 8.42 Å². The Balaban J connectivity index is 3.26. The Kier molecular flexibility index (Phi) is 5.43. The fraction of sp³-hybridized carbons (Fsp3) is 0.455. The van der Waals surface area contributed by atoms with Crippen molar-refractivity contribution < 1.29 is 13.5 Å². The van der Waals surface area contributed by atoms with Crippen LogP contribution in [-0.2, 0) is 10.0 Å². The quantitative estimate of drug-likeness (QED) is 0.908. The maximum atomic E-state index is 12.4. The second kappa shape index (κ2) is 6.21. The fourth-order valence-corrected chi connectivity index (χ4v) is 3.92. The molecule has 0 spiro atoms. The normalized spacial score (nSPS) is 12.4. The minimum Gasteiger partial charge on any atom is -0.395 e. The van der Waals surface area contributed by atoms with Gasteiger partial charge in [-0.2, -0.15) is 4.31 Å². The Labute approximate surface area is 117 Å². The van der Waals surface area contributed by atoms with Gasteiger partial charge in [-0.25, -0.2) is 8.42 Å². The maximum Gasteiger partial charge on any atom is 0.243 e. The lowest BCUT2D eigenvalue weighted by molar-refractivity contribution is 0.236. The van der Waals surface area contributed by atoms with Crippen LogP contribution < -0.4 is 0 Å². The molecule has 1 aromatic carbocycles. The van der Waals surface area contributed by atoms with Gasteiger partial charge in [-0.15, -0.1) is 0 Å². The number of nitrogens with zero attached hydrogens (tertiary/aromatic N) is 1. The van der Waals surface area contributed by atoms with Gasteiger partial charge in [-0.1, -0.05) is 23.2 Å². The first kappa shape index (κ1) is 15.7. The van der Waals surface area contributed by atoms with Gasteiger partial charge >= 0.3 is 0 Å². The topological polar surface area (TPSA) is 57.6 Å².